The van der Waals surface area contributed by atoms with Crippen molar-refractivity contribution in [2.24, 2.45) is 0 Å². The number of ether oxygens (including phenoxy) is 3. The summed E-state index contributed by atoms with van der Waals surface area (Å²) in [5.41, 5.74) is 0.487. The van der Waals surface area contributed by atoms with Gasteiger partial charge in [-0.1, -0.05) is 30.3 Å². The molecule has 7 nitrogen and oxygen atoms in total. The van der Waals surface area contributed by atoms with Gasteiger partial charge in [0.15, 0.2) is 0 Å². The van der Waals surface area contributed by atoms with E-state index in [2.05, 4.69) is 5.32 Å². The molecule has 2 amide bonds. The van der Waals surface area contributed by atoms with Crippen LogP contribution in [-0.4, -0.2) is 61.5 Å². The van der Waals surface area contributed by atoms with Gasteiger partial charge in [-0.3, -0.25) is 9.69 Å². The highest BCUT2D eigenvalue weighted by Gasteiger charge is 2.31. The Morgan fingerprint density at radius 1 is 1.17 bits per heavy atom. The van der Waals surface area contributed by atoms with E-state index >= 15 is 0 Å². The fourth-order valence-corrected chi connectivity index (χ4v) is 3.26. The lowest BCUT2D eigenvalue weighted by Crippen LogP contribution is -2.48. The van der Waals surface area contributed by atoms with Crippen LogP contribution in [0.2, 0.25) is 0 Å². The van der Waals surface area contributed by atoms with E-state index in [1.54, 1.807) is 27.9 Å². The molecule has 0 radical (unpaired) electrons. The van der Waals surface area contributed by atoms with Crippen molar-refractivity contribution < 1.29 is 23.8 Å². The first-order valence-corrected chi connectivity index (χ1v) is 10.2. The maximum Gasteiger partial charge on any atom is 0.410 e. The molecule has 1 aromatic rings. The zero-order valence-corrected chi connectivity index (χ0v) is 18.0. The van der Waals surface area contributed by atoms with E-state index in [1.165, 1.54) is 4.90 Å². The average Bonchev–Trinajstić information content (AvgIpc) is 3.09. The Morgan fingerprint density at radius 2 is 1.90 bits per heavy atom. The lowest BCUT2D eigenvalue weighted by molar-refractivity contribution is -0.124. The van der Waals surface area contributed by atoms with Crippen LogP contribution in [0.15, 0.2) is 30.3 Å². The van der Waals surface area contributed by atoms with E-state index in [9.17, 15) is 9.59 Å². The summed E-state index contributed by atoms with van der Waals surface area (Å²) in [6.07, 6.45) is 2.25. The molecule has 0 bridgehead atoms. The molecule has 1 N–H and O–H groups in total. The number of amides is 2. The minimum absolute atomic E-state index is 0.0203. The van der Waals surface area contributed by atoms with Gasteiger partial charge in [-0.05, 0) is 45.6 Å². The molecule has 1 saturated carbocycles. The number of nitrogens with one attached hydrogen (secondary N) is 1. The van der Waals surface area contributed by atoms with E-state index in [1.807, 2.05) is 30.3 Å². The highest BCUT2D eigenvalue weighted by atomic mass is 16.6. The van der Waals surface area contributed by atoms with E-state index in [4.69, 9.17) is 14.2 Å². The molecular formula is C22H34N2O5. The van der Waals surface area contributed by atoms with Crippen LogP contribution in [-0.2, 0) is 25.6 Å². The van der Waals surface area contributed by atoms with Crippen molar-refractivity contribution in [1.29, 1.82) is 0 Å². The third kappa shape index (κ3) is 8.41. The number of nitrogens with zero attached hydrogens (tertiary/aromatic N) is 1. The van der Waals surface area contributed by atoms with Crippen LogP contribution in [0, 0.1) is 0 Å². The molecule has 1 fully saturated rings. The third-order valence-electron chi connectivity index (χ3n) is 4.66. The van der Waals surface area contributed by atoms with Crippen molar-refractivity contribution in [2.75, 3.05) is 26.8 Å². The van der Waals surface area contributed by atoms with E-state index in [-0.39, 0.29) is 31.1 Å². The molecule has 1 aromatic carbocycles. The Kier molecular flexibility index (Phi) is 8.92. The van der Waals surface area contributed by atoms with E-state index in [0.717, 1.165) is 24.8 Å². The van der Waals surface area contributed by atoms with E-state index < -0.39 is 11.7 Å². The van der Waals surface area contributed by atoms with Crippen LogP contribution in [0.4, 0.5) is 4.79 Å². The highest BCUT2D eigenvalue weighted by molar-refractivity contribution is 5.82. The smallest absolute Gasteiger partial charge is 0.410 e. The molecule has 29 heavy (non-hydrogen) atoms. The van der Waals surface area contributed by atoms with Crippen LogP contribution >= 0.6 is 0 Å². The number of hydrogen-bond donors (Lipinski definition) is 1. The molecule has 0 saturated heterocycles. The molecule has 1 aliphatic rings. The van der Waals surface area contributed by atoms with Gasteiger partial charge in [-0.2, -0.15) is 0 Å². The van der Waals surface area contributed by atoms with Crippen molar-refractivity contribution in [3.63, 3.8) is 0 Å². The van der Waals surface area contributed by atoms with Gasteiger partial charge in [0, 0.05) is 13.7 Å². The molecule has 2 rings (SSSR count). The number of carbonyl (C=O) groups excluding carboxylic acids is 2. The summed E-state index contributed by atoms with van der Waals surface area (Å²) in [4.78, 5) is 26.4. The standard InChI is InChI=1S/C22H34N2O5/c1-22(2,3)29-21(26)24(13-14-27-4)15-20(25)23-18-11-8-12-19(18)28-16-17-9-6-5-7-10-17/h5-7,9-10,18-19H,8,11-16H2,1-4H3,(H,23,25). The summed E-state index contributed by atoms with van der Waals surface area (Å²) >= 11 is 0. The predicted molar refractivity (Wildman–Crippen MR) is 110 cm³/mol. The molecule has 0 spiro atoms. The van der Waals surface area contributed by atoms with E-state index in [0.29, 0.717) is 13.2 Å². The predicted octanol–water partition coefficient (Wildman–Crippen LogP) is 3.12. The Labute approximate surface area is 173 Å². The van der Waals surface area contributed by atoms with Crippen molar-refractivity contribution >= 4 is 12.0 Å². The Hall–Kier alpha value is -2.12. The van der Waals surface area contributed by atoms with Crippen molar-refractivity contribution in [3.8, 4) is 0 Å². The second-order valence-corrected chi connectivity index (χ2v) is 8.33. The SMILES string of the molecule is COCCN(CC(=O)NC1CCCC1OCc1ccccc1)C(=O)OC(C)(C)C. The van der Waals surface area contributed by atoms with Gasteiger partial charge in [-0.15, -0.1) is 0 Å². The van der Waals surface area contributed by atoms with Crippen LogP contribution in [0.1, 0.15) is 45.6 Å². The lowest BCUT2D eigenvalue weighted by Gasteiger charge is -2.28. The van der Waals surface area contributed by atoms with Crippen molar-refractivity contribution in [3.05, 3.63) is 35.9 Å². The summed E-state index contributed by atoms with van der Waals surface area (Å²) in [6, 6.07) is 9.94. The number of carbonyl (C=O) groups is 2. The second kappa shape index (κ2) is 11.2. The van der Waals surface area contributed by atoms with Crippen molar-refractivity contribution in [1.82, 2.24) is 10.2 Å². The van der Waals surface area contributed by atoms with Gasteiger partial charge in [0.2, 0.25) is 5.91 Å². The first kappa shape index (κ1) is 23.2. The summed E-state index contributed by atoms with van der Waals surface area (Å²) in [6.45, 7) is 6.47. The summed E-state index contributed by atoms with van der Waals surface area (Å²) in [5.74, 6) is -0.216. The Morgan fingerprint density at radius 3 is 2.55 bits per heavy atom. The summed E-state index contributed by atoms with van der Waals surface area (Å²) in [5, 5.41) is 3.04. The number of rotatable bonds is 9. The molecule has 0 heterocycles. The topological polar surface area (TPSA) is 77.1 Å². The largest absolute Gasteiger partial charge is 0.444 e. The average molecular weight is 407 g/mol. The number of methoxy groups -OCH3 is 1. The van der Waals surface area contributed by atoms with Gasteiger partial charge < -0.3 is 19.5 Å². The van der Waals surface area contributed by atoms with Gasteiger partial charge in [0.1, 0.15) is 12.1 Å². The van der Waals surface area contributed by atoms with Gasteiger partial charge in [0.25, 0.3) is 0 Å². The first-order valence-electron chi connectivity index (χ1n) is 10.2. The van der Waals surface area contributed by atoms with Crippen LogP contribution in [0.3, 0.4) is 0 Å². The maximum atomic E-state index is 12.6. The van der Waals surface area contributed by atoms with Gasteiger partial charge in [-0.25, -0.2) is 4.79 Å². The molecule has 2 atom stereocenters. The minimum atomic E-state index is -0.624. The monoisotopic (exact) mass is 406 g/mol. The fraction of sp³-hybridized carbons (Fsp3) is 0.636. The lowest BCUT2D eigenvalue weighted by atomic mass is 10.2. The second-order valence-electron chi connectivity index (χ2n) is 8.33. The molecule has 1 aliphatic carbocycles. The Bertz CT molecular complexity index is 644. The fourth-order valence-electron chi connectivity index (χ4n) is 3.26. The van der Waals surface area contributed by atoms with Gasteiger partial charge >= 0.3 is 6.09 Å². The quantitative estimate of drug-likeness (QED) is 0.682. The summed E-state index contributed by atoms with van der Waals surface area (Å²) in [7, 11) is 1.56. The zero-order chi connectivity index (χ0) is 21.3. The minimum Gasteiger partial charge on any atom is -0.444 e. The van der Waals surface area contributed by atoms with Crippen LogP contribution in [0.25, 0.3) is 0 Å². The molecule has 2 unspecified atom stereocenters. The third-order valence-corrected chi connectivity index (χ3v) is 4.66. The van der Waals surface area contributed by atoms with Crippen molar-refractivity contribution in [2.45, 2.75) is 64.4 Å². The molecule has 7 heteroatoms. The Balaban J connectivity index is 1.87. The number of benzene rings is 1. The normalized spacial score (nSPS) is 19.0. The molecule has 0 aromatic heterocycles. The highest BCUT2D eigenvalue weighted by Crippen LogP contribution is 2.23. The molecular weight excluding hydrogens is 372 g/mol. The van der Waals surface area contributed by atoms with Gasteiger partial charge in [0.05, 0.1) is 25.4 Å². The maximum absolute atomic E-state index is 12.6. The van der Waals surface area contributed by atoms with Crippen LogP contribution in [0.5, 0.6) is 0 Å². The number of hydrogen-bond acceptors (Lipinski definition) is 5. The molecule has 0 aliphatic heterocycles. The molecule has 162 valence electrons. The van der Waals surface area contributed by atoms with Crippen LogP contribution < -0.4 is 5.32 Å². The zero-order valence-electron chi connectivity index (χ0n) is 18.0. The summed E-state index contributed by atoms with van der Waals surface area (Å²) < 4.78 is 16.5. The first-order chi connectivity index (χ1) is 13.8.